The number of carboxylic acids is 1. The van der Waals surface area contributed by atoms with Gasteiger partial charge in [-0.2, -0.15) is 0 Å². The SMILES string of the molecule is CC(C)(C)c1ccc(-c2ccc(CC(=O)O)o2)cc1. The first kappa shape index (κ1) is 13.4. The predicted octanol–water partition coefficient (Wildman–Crippen LogP) is 3.87. The van der Waals surface area contributed by atoms with Crippen LogP contribution in [-0.2, 0) is 16.6 Å². The van der Waals surface area contributed by atoms with E-state index in [1.165, 1.54) is 5.56 Å². The molecule has 3 heteroatoms. The van der Waals surface area contributed by atoms with Gasteiger partial charge in [0, 0.05) is 5.56 Å². The van der Waals surface area contributed by atoms with Crippen molar-refractivity contribution in [2.24, 2.45) is 0 Å². The van der Waals surface area contributed by atoms with Gasteiger partial charge in [0.1, 0.15) is 17.9 Å². The smallest absolute Gasteiger partial charge is 0.311 e. The van der Waals surface area contributed by atoms with Crippen LogP contribution in [0.4, 0.5) is 0 Å². The average molecular weight is 258 g/mol. The minimum absolute atomic E-state index is 0.0833. The van der Waals surface area contributed by atoms with Crippen LogP contribution in [0.1, 0.15) is 32.1 Å². The predicted molar refractivity (Wildman–Crippen MR) is 74.2 cm³/mol. The van der Waals surface area contributed by atoms with Crippen LogP contribution in [0, 0.1) is 0 Å². The van der Waals surface area contributed by atoms with E-state index in [-0.39, 0.29) is 11.8 Å². The van der Waals surface area contributed by atoms with E-state index in [4.69, 9.17) is 9.52 Å². The maximum absolute atomic E-state index is 10.6. The lowest BCUT2D eigenvalue weighted by molar-refractivity contribution is -0.136. The van der Waals surface area contributed by atoms with E-state index in [1.54, 1.807) is 6.07 Å². The van der Waals surface area contributed by atoms with Crippen LogP contribution in [0.3, 0.4) is 0 Å². The first-order valence-corrected chi connectivity index (χ1v) is 6.28. The standard InChI is InChI=1S/C16H18O3/c1-16(2,3)12-6-4-11(5-7-12)14-9-8-13(19-14)10-15(17)18/h4-9H,10H2,1-3H3,(H,17,18). The van der Waals surface area contributed by atoms with Gasteiger partial charge in [-0.25, -0.2) is 0 Å². The van der Waals surface area contributed by atoms with E-state index in [0.29, 0.717) is 11.5 Å². The first-order chi connectivity index (χ1) is 8.86. The highest BCUT2D eigenvalue weighted by atomic mass is 16.4. The zero-order valence-corrected chi connectivity index (χ0v) is 11.4. The van der Waals surface area contributed by atoms with Gasteiger partial charge in [-0.3, -0.25) is 4.79 Å². The van der Waals surface area contributed by atoms with E-state index in [0.717, 1.165) is 5.56 Å². The fourth-order valence-corrected chi connectivity index (χ4v) is 1.91. The maximum atomic E-state index is 10.6. The summed E-state index contributed by atoms with van der Waals surface area (Å²) in [6.45, 7) is 6.50. The summed E-state index contributed by atoms with van der Waals surface area (Å²) in [5, 5.41) is 8.71. The lowest BCUT2D eigenvalue weighted by Crippen LogP contribution is -2.10. The zero-order chi connectivity index (χ0) is 14.0. The number of furan rings is 1. The molecule has 1 aromatic carbocycles. The van der Waals surface area contributed by atoms with Gasteiger partial charge in [-0.1, -0.05) is 45.0 Å². The van der Waals surface area contributed by atoms with E-state index in [9.17, 15) is 4.79 Å². The van der Waals surface area contributed by atoms with E-state index in [2.05, 4.69) is 32.9 Å². The van der Waals surface area contributed by atoms with Gasteiger partial charge in [-0.05, 0) is 23.1 Å². The second kappa shape index (κ2) is 4.92. The van der Waals surface area contributed by atoms with Gasteiger partial charge in [0.25, 0.3) is 0 Å². The summed E-state index contributed by atoms with van der Waals surface area (Å²) in [5.74, 6) is 0.295. The molecule has 0 radical (unpaired) electrons. The Morgan fingerprint density at radius 1 is 1.11 bits per heavy atom. The molecule has 19 heavy (non-hydrogen) atoms. The monoisotopic (exact) mass is 258 g/mol. The Morgan fingerprint density at radius 2 is 1.74 bits per heavy atom. The Morgan fingerprint density at radius 3 is 2.26 bits per heavy atom. The van der Waals surface area contributed by atoms with Gasteiger partial charge in [-0.15, -0.1) is 0 Å². The minimum Gasteiger partial charge on any atom is -0.481 e. The third-order valence-electron chi connectivity index (χ3n) is 3.02. The minimum atomic E-state index is -0.885. The quantitative estimate of drug-likeness (QED) is 0.909. The molecule has 1 aromatic heterocycles. The van der Waals surface area contributed by atoms with E-state index < -0.39 is 5.97 Å². The summed E-state index contributed by atoms with van der Waals surface area (Å²) in [5.41, 5.74) is 2.34. The first-order valence-electron chi connectivity index (χ1n) is 6.28. The topological polar surface area (TPSA) is 50.4 Å². The van der Waals surface area contributed by atoms with Crippen molar-refractivity contribution in [2.75, 3.05) is 0 Å². The molecule has 0 fully saturated rings. The molecule has 0 aliphatic rings. The van der Waals surface area contributed by atoms with Gasteiger partial charge in [0.2, 0.25) is 0 Å². The van der Waals surface area contributed by atoms with Crippen molar-refractivity contribution in [3.8, 4) is 11.3 Å². The molecule has 0 atom stereocenters. The van der Waals surface area contributed by atoms with Gasteiger partial charge < -0.3 is 9.52 Å². The summed E-state index contributed by atoms with van der Waals surface area (Å²) in [6, 6.07) is 11.7. The molecule has 0 spiro atoms. The molecule has 0 amide bonds. The fourth-order valence-electron chi connectivity index (χ4n) is 1.91. The van der Waals surface area contributed by atoms with Crippen LogP contribution in [0.2, 0.25) is 0 Å². The lowest BCUT2D eigenvalue weighted by Gasteiger charge is -2.18. The Hall–Kier alpha value is -2.03. The largest absolute Gasteiger partial charge is 0.481 e. The Labute approximate surface area is 112 Å². The lowest BCUT2D eigenvalue weighted by atomic mass is 9.86. The van der Waals surface area contributed by atoms with Gasteiger partial charge in [0.15, 0.2) is 0 Å². The molecular weight excluding hydrogens is 240 g/mol. The molecule has 0 bridgehead atoms. The molecule has 2 rings (SSSR count). The molecule has 0 aliphatic carbocycles. The van der Waals surface area contributed by atoms with Gasteiger partial charge in [0.05, 0.1) is 0 Å². The molecular formula is C16H18O3. The molecule has 0 saturated carbocycles. The van der Waals surface area contributed by atoms with Crippen molar-refractivity contribution in [3.63, 3.8) is 0 Å². The van der Waals surface area contributed by atoms with Crippen LogP contribution in [0.25, 0.3) is 11.3 Å². The maximum Gasteiger partial charge on any atom is 0.311 e. The molecule has 100 valence electrons. The highest BCUT2D eigenvalue weighted by Crippen LogP contribution is 2.27. The molecule has 1 heterocycles. The summed E-state index contributed by atoms with van der Waals surface area (Å²) >= 11 is 0. The molecule has 1 N–H and O–H groups in total. The second-order valence-electron chi connectivity index (χ2n) is 5.66. The van der Waals surface area contributed by atoms with E-state index in [1.807, 2.05) is 18.2 Å². The molecule has 0 unspecified atom stereocenters. The van der Waals surface area contributed by atoms with Crippen LogP contribution < -0.4 is 0 Å². The van der Waals surface area contributed by atoms with E-state index >= 15 is 0 Å². The number of aliphatic carboxylic acids is 1. The normalized spacial score (nSPS) is 11.5. The summed E-state index contributed by atoms with van der Waals surface area (Å²) < 4.78 is 5.53. The molecule has 0 saturated heterocycles. The molecule has 2 aromatic rings. The Balaban J connectivity index is 2.23. The van der Waals surface area contributed by atoms with Gasteiger partial charge >= 0.3 is 5.97 Å². The second-order valence-corrected chi connectivity index (χ2v) is 5.66. The van der Waals surface area contributed by atoms with Crippen LogP contribution in [-0.4, -0.2) is 11.1 Å². The number of carbonyl (C=O) groups is 1. The van der Waals surface area contributed by atoms with Crippen molar-refractivity contribution >= 4 is 5.97 Å². The zero-order valence-electron chi connectivity index (χ0n) is 11.4. The van der Waals surface area contributed by atoms with Crippen LogP contribution in [0.5, 0.6) is 0 Å². The van der Waals surface area contributed by atoms with Crippen molar-refractivity contribution in [1.82, 2.24) is 0 Å². The summed E-state index contributed by atoms with van der Waals surface area (Å²) in [6.07, 6.45) is -0.0833. The fraction of sp³-hybridized carbons (Fsp3) is 0.312. The van der Waals surface area contributed by atoms with Crippen LogP contribution in [0.15, 0.2) is 40.8 Å². The number of hydrogen-bond donors (Lipinski definition) is 1. The number of rotatable bonds is 3. The highest BCUT2D eigenvalue weighted by molar-refractivity contribution is 5.70. The third-order valence-corrected chi connectivity index (χ3v) is 3.02. The number of hydrogen-bond acceptors (Lipinski definition) is 2. The van der Waals surface area contributed by atoms with Crippen molar-refractivity contribution in [3.05, 3.63) is 47.7 Å². The Kier molecular flexibility index (Phi) is 3.47. The van der Waals surface area contributed by atoms with Crippen molar-refractivity contribution < 1.29 is 14.3 Å². The van der Waals surface area contributed by atoms with Crippen molar-refractivity contribution in [2.45, 2.75) is 32.6 Å². The Bertz CT molecular complexity index is 571. The average Bonchev–Trinajstić information content (AvgIpc) is 2.75. The van der Waals surface area contributed by atoms with Crippen LogP contribution >= 0.6 is 0 Å². The summed E-state index contributed by atoms with van der Waals surface area (Å²) in [4.78, 5) is 10.6. The molecule has 3 nitrogen and oxygen atoms in total. The number of carboxylic acid groups (broad SMARTS) is 1. The third kappa shape index (κ3) is 3.25. The summed E-state index contributed by atoms with van der Waals surface area (Å²) in [7, 11) is 0. The van der Waals surface area contributed by atoms with Crippen molar-refractivity contribution in [1.29, 1.82) is 0 Å². The number of benzene rings is 1. The highest BCUT2D eigenvalue weighted by Gasteiger charge is 2.14. The molecule has 0 aliphatic heterocycles.